The maximum absolute atomic E-state index is 11.0. The van der Waals surface area contributed by atoms with Crippen molar-refractivity contribution < 1.29 is 9.90 Å². The highest BCUT2D eigenvalue weighted by molar-refractivity contribution is 5.88. The number of likely N-dealkylation sites (tertiary alicyclic amines) is 1. The number of aromatic carboxylic acids is 1. The van der Waals surface area contributed by atoms with Crippen LogP contribution in [-0.2, 0) is 6.42 Å². The van der Waals surface area contributed by atoms with Gasteiger partial charge in [0.15, 0.2) is 0 Å². The van der Waals surface area contributed by atoms with Gasteiger partial charge < -0.3 is 14.4 Å². The second-order valence-electron chi connectivity index (χ2n) is 5.77. The number of nitrogens with zero attached hydrogens (tertiary/aromatic N) is 3. The minimum absolute atomic E-state index is 0.310. The van der Waals surface area contributed by atoms with Gasteiger partial charge in [0.1, 0.15) is 5.82 Å². The van der Waals surface area contributed by atoms with Gasteiger partial charge in [-0.15, -0.1) is 0 Å². The minimum Gasteiger partial charge on any atom is -0.478 e. The predicted octanol–water partition coefficient (Wildman–Crippen LogP) is 2.31. The average Bonchev–Trinajstić information content (AvgIpc) is 2.90. The number of carbonyl (C=O) groups is 1. The molecule has 0 saturated carbocycles. The van der Waals surface area contributed by atoms with Crippen molar-refractivity contribution in [1.29, 1.82) is 0 Å². The van der Waals surface area contributed by atoms with E-state index in [0.29, 0.717) is 11.5 Å². The average molecular weight is 287 g/mol. The number of piperidine rings is 1. The molecule has 1 saturated heterocycles. The van der Waals surface area contributed by atoms with Crippen LogP contribution in [0.1, 0.15) is 35.9 Å². The molecule has 0 spiro atoms. The Balaban J connectivity index is 1.74. The number of carboxylic acid groups (broad SMARTS) is 1. The highest BCUT2D eigenvalue weighted by Crippen LogP contribution is 2.22. The number of aromatic nitrogens is 2. The van der Waals surface area contributed by atoms with Gasteiger partial charge in [-0.1, -0.05) is 6.92 Å². The van der Waals surface area contributed by atoms with E-state index in [-0.39, 0.29) is 0 Å². The zero-order chi connectivity index (χ0) is 14.8. The zero-order valence-corrected chi connectivity index (χ0v) is 12.3. The third kappa shape index (κ3) is 2.93. The number of hydrogen-bond acceptors (Lipinski definition) is 3. The standard InChI is InChI=1S/C16H21N3O2/c1-2-18-6-3-12(4-7-18)9-15-17-11-14-10-13(16(20)21)5-8-19(14)15/h5,8,10-12H,2-4,6-7,9H2,1H3,(H,20,21). The van der Waals surface area contributed by atoms with Gasteiger partial charge in [-0.2, -0.15) is 0 Å². The molecule has 0 unspecified atom stereocenters. The van der Waals surface area contributed by atoms with Crippen LogP contribution in [0.5, 0.6) is 0 Å². The monoisotopic (exact) mass is 287 g/mol. The summed E-state index contributed by atoms with van der Waals surface area (Å²) in [7, 11) is 0. The highest BCUT2D eigenvalue weighted by Gasteiger charge is 2.20. The highest BCUT2D eigenvalue weighted by atomic mass is 16.4. The lowest BCUT2D eigenvalue weighted by Gasteiger charge is -2.30. The number of fused-ring (bicyclic) bond motifs is 1. The fraction of sp³-hybridized carbons (Fsp3) is 0.500. The molecule has 112 valence electrons. The zero-order valence-electron chi connectivity index (χ0n) is 12.3. The topological polar surface area (TPSA) is 57.8 Å². The van der Waals surface area contributed by atoms with E-state index in [1.165, 1.54) is 25.9 Å². The summed E-state index contributed by atoms with van der Waals surface area (Å²) in [6.45, 7) is 5.70. The van der Waals surface area contributed by atoms with E-state index >= 15 is 0 Å². The van der Waals surface area contributed by atoms with Crippen LogP contribution in [0.15, 0.2) is 24.5 Å². The molecule has 5 nitrogen and oxygen atoms in total. The molecule has 0 bridgehead atoms. The first-order chi connectivity index (χ1) is 10.2. The lowest BCUT2D eigenvalue weighted by Crippen LogP contribution is -2.34. The Morgan fingerprint density at radius 2 is 2.19 bits per heavy atom. The van der Waals surface area contributed by atoms with Crippen molar-refractivity contribution in [2.24, 2.45) is 5.92 Å². The van der Waals surface area contributed by atoms with Gasteiger partial charge in [0, 0.05) is 12.6 Å². The lowest BCUT2D eigenvalue weighted by molar-refractivity contribution is 0.0697. The van der Waals surface area contributed by atoms with Crippen molar-refractivity contribution in [1.82, 2.24) is 14.3 Å². The van der Waals surface area contributed by atoms with Crippen LogP contribution in [-0.4, -0.2) is 45.0 Å². The largest absolute Gasteiger partial charge is 0.478 e. The molecule has 1 aliphatic rings. The fourth-order valence-corrected chi connectivity index (χ4v) is 3.10. The van der Waals surface area contributed by atoms with Crippen molar-refractivity contribution in [3.05, 3.63) is 35.9 Å². The molecule has 3 rings (SSSR count). The predicted molar refractivity (Wildman–Crippen MR) is 80.7 cm³/mol. The Kier molecular flexibility index (Phi) is 3.92. The molecule has 2 aromatic rings. The smallest absolute Gasteiger partial charge is 0.335 e. The number of imidazole rings is 1. The van der Waals surface area contributed by atoms with Crippen LogP contribution in [0, 0.1) is 5.92 Å². The van der Waals surface area contributed by atoms with Gasteiger partial charge in [-0.3, -0.25) is 0 Å². The van der Waals surface area contributed by atoms with Crippen LogP contribution in [0.2, 0.25) is 0 Å². The van der Waals surface area contributed by atoms with E-state index in [2.05, 4.69) is 16.8 Å². The Bertz CT molecular complexity index is 642. The van der Waals surface area contributed by atoms with Crippen molar-refractivity contribution in [2.45, 2.75) is 26.2 Å². The molecule has 3 heterocycles. The Morgan fingerprint density at radius 3 is 2.86 bits per heavy atom. The normalized spacial score (nSPS) is 17.4. The second kappa shape index (κ2) is 5.85. The van der Waals surface area contributed by atoms with Crippen molar-refractivity contribution in [2.75, 3.05) is 19.6 Å². The van der Waals surface area contributed by atoms with Crippen LogP contribution >= 0.6 is 0 Å². The van der Waals surface area contributed by atoms with Crippen LogP contribution in [0.4, 0.5) is 0 Å². The Hall–Kier alpha value is -1.88. The van der Waals surface area contributed by atoms with Gasteiger partial charge >= 0.3 is 5.97 Å². The van der Waals surface area contributed by atoms with Crippen LogP contribution in [0.25, 0.3) is 5.52 Å². The summed E-state index contributed by atoms with van der Waals surface area (Å²) >= 11 is 0. The Labute approximate surface area is 124 Å². The van der Waals surface area contributed by atoms with Gasteiger partial charge in [0.05, 0.1) is 17.3 Å². The molecule has 1 N–H and O–H groups in total. The van der Waals surface area contributed by atoms with E-state index in [4.69, 9.17) is 5.11 Å². The summed E-state index contributed by atoms with van der Waals surface area (Å²) in [4.78, 5) is 18.0. The minimum atomic E-state index is -0.896. The quantitative estimate of drug-likeness (QED) is 0.937. The van der Waals surface area contributed by atoms with E-state index in [9.17, 15) is 4.79 Å². The van der Waals surface area contributed by atoms with E-state index in [0.717, 1.165) is 24.3 Å². The molecular formula is C16H21N3O2. The number of carboxylic acids is 1. The first-order valence-corrected chi connectivity index (χ1v) is 7.59. The first kappa shape index (κ1) is 14.1. The second-order valence-corrected chi connectivity index (χ2v) is 5.77. The van der Waals surface area contributed by atoms with E-state index < -0.39 is 5.97 Å². The molecule has 0 aromatic carbocycles. The van der Waals surface area contributed by atoms with E-state index in [1.807, 2.05) is 10.6 Å². The van der Waals surface area contributed by atoms with Crippen molar-refractivity contribution >= 4 is 11.5 Å². The van der Waals surface area contributed by atoms with Gasteiger partial charge in [-0.25, -0.2) is 9.78 Å². The summed E-state index contributed by atoms with van der Waals surface area (Å²) in [6.07, 6.45) is 7.00. The number of pyridine rings is 1. The van der Waals surface area contributed by atoms with Gasteiger partial charge in [0.25, 0.3) is 0 Å². The fourth-order valence-electron chi connectivity index (χ4n) is 3.10. The van der Waals surface area contributed by atoms with Gasteiger partial charge in [-0.05, 0) is 50.5 Å². The molecule has 0 amide bonds. The maximum Gasteiger partial charge on any atom is 0.335 e. The maximum atomic E-state index is 11.0. The summed E-state index contributed by atoms with van der Waals surface area (Å²) in [5, 5.41) is 9.03. The number of hydrogen-bond donors (Lipinski definition) is 1. The SMILES string of the molecule is CCN1CCC(Cc2ncc3cc(C(=O)O)ccn23)CC1. The summed E-state index contributed by atoms with van der Waals surface area (Å²) in [5.41, 5.74) is 1.17. The number of rotatable bonds is 4. The molecule has 0 aliphatic carbocycles. The molecule has 1 aliphatic heterocycles. The molecular weight excluding hydrogens is 266 g/mol. The molecule has 0 atom stereocenters. The lowest BCUT2D eigenvalue weighted by atomic mass is 9.93. The molecule has 2 aromatic heterocycles. The summed E-state index contributed by atoms with van der Waals surface area (Å²) in [6, 6.07) is 3.32. The van der Waals surface area contributed by atoms with Gasteiger partial charge in [0.2, 0.25) is 0 Å². The van der Waals surface area contributed by atoms with E-state index in [1.54, 1.807) is 18.3 Å². The van der Waals surface area contributed by atoms with Crippen LogP contribution < -0.4 is 0 Å². The molecule has 1 fully saturated rings. The third-order valence-corrected chi connectivity index (χ3v) is 4.48. The van der Waals surface area contributed by atoms with Crippen molar-refractivity contribution in [3.8, 4) is 0 Å². The van der Waals surface area contributed by atoms with Crippen molar-refractivity contribution in [3.63, 3.8) is 0 Å². The summed E-state index contributed by atoms with van der Waals surface area (Å²) in [5.74, 6) is 0.821. The summed E-state index contributed by atoms with van der Waals surface area (Å²) < 4.78 is 2.01. The third-order valence-electron chi connectivity index (χ3n) is 4.48. The van der Waals surface area contributed by atoms with Crippen LogP contribution in [0.3, 0.4) is 0 Å². The first-order valence-electron chi connectivity index (χ1n) is 7.59. The molecule has 0 radical (unpaired) electrons. The molecule has 5 heteroatoms. The molecule has 21 heavy (non-hydrogen) atoms. The Morgan fingerprint density at radius 1 is 1.43 bits per heavy atom.